The van der Waals surface area contributed by atoms with Crippen LogP contribution >= 0.6 is 0 Å². The molecule has 6 nitrogen and oxygen atoms in total. The summed E-state index contributed by atoms with van der Waals surface area (Å²) in [5.74, 6) is 0.674. The smallest absolute Gasteiger partial charge is 0.273 e. The highest BCUT2D eigenvalue weighted by Gasteiger charge is 2.35. The molecule has 1 fully saturated rings. The fourth-order valence-corrected chi connectivity index (χ4v) is 3.51. The van der Waals surface area contributed by atoms with Gasteiger partial charge in [-0.1, -0.05) is 6.07 Å². The molecule has 132 valence electrons. The number of nitrogens with zero attached hydrogens (tertiary/aromatic N) is 4. The summed E-state index contributed by atoms with van der Waals surface area (Å²) in [5, 5.41) is 4.39. The lowest BCUT2D eigenvalue weighted by Gasteiger charge is -2.35. The Labute approximate surface area is 147 Å². The Morgan fingerprint density at radius 2 is 2.16 bits per heavy atom. The highest BCUT2D eigenvalue weighted by atomic mass is 16.5. The van der Waals surface area contributed by atoms with Crippen LogP contribution in [-0.2, 0) is 18.2 Å². The van der Waals surface area contributed by atoms with E-state index in [0.29, 0.717) is 24.8 Å². The van der Waals surface area contributed by atoms with Crippen molar-refractivity contribution in [2.24, 2.45) is 13.0 Å². The number of amides is 1. The zero-order valence-electron chi connectivity index (χ0n) is 14.8. The van der Waals surface area contributed by atoms with E-state index in [-0.39, 0.29) is 11.9 Å². The number of fused-ring (bicyclic) bond motifs is 1. The molecular weight excluding hydrogens is 316 g/mol. The third-order valence-electron chi connectivity index (χ3n) is 5.07. The maximum absolute atomic E-state index is 13.1. The molecule has 0 bridgehead atoms. The third kappa shape index (κ3) is 3.31. The average Bonchev–Trinajstić information content (AvgIpc) is 3.36. The number of rotatable bonds is 5. The molecule has 1 atom stereocenters. The average molecular weight is 340 g/mol. The van der Waals surface area contributed by atoms with Crippen molar-refractivity contribution in [3.63, 3.8) is 0 Å². The second-order valence-corrected chi connectivity index (χ2v) is 7.09. The van der Waals surface area contributed by atoms with E-state index in [1.54, 1.807) is 6.07 Å². The molecule has 25 heavy (non-hydrogen) atoms. The van der Waals surface area contributed by atoms with Gasteiger partial charge in [-0.05, 0) is 49.8 Å². The van der Waals surface area contributed by atoms with E-state index in [0.717, 1.165) is 24.4 Å². The van der Waals surface area contributed by atoms with Gasteiger partial charge in [0.1, 0.15) is 5.69 Å². The quantitative estimate of drug-likeness (QED) is 0.838. The number of ether oxygens (including phenoxy) is 1. The summed E-state index contributed by atoms with van der Waals surface area (Å²) < 4.78 is 7.84. The lowest BCUT2D eigenvalue weighted by molar-refractivity contribution is 0.0344. The van der Waals surface area contributed by atoms with Crippen molar-refractivity contribution in [1.29, 1.82) is 0 Å². The van der Waals surface area contributed by atoms with Gasteiger partial charge in [0, 0.05) is 25.9 Å². The van der Waals surface area contributed by atoms with Gasteiger partial charge in [-0.15, -0.1) is 0 Å². The number of aromatic nitrogens is 3. The minimum Gasteiger partial charge on any atom is -0.379 e. The summed E-state index contributed by atoms with van der Waals surface area (Å²) in [4.78, 5) is 19.4. The highest BCUT2D eigenvalue weighted by Crippen LogP contribution is 2.33. The van der Waals surface area contributed by atoms with Crippen molar-refractivity contribution < 1.29 is 9.53 Å². The molecule has 2 aromatic rings. The molecule has 0 saturated heterocycles. The second-order valence-electron chi connectivity index (χ2n) is 7.09. The molecular formula is C19H24N4O2. The van der Waals surface area contributed by atoms with Crippen molar-refractivity contribution >= 4 is 5.91 Å². The Balaban J connectivity index is 1.60. The van der Waals surface area contributed by atoms with Crippen LogP contribution in [-0.4, -0.2) is 45.3 Å². The first-order valence-electron chi connectivity index (χ1n) is 8.96. The highest BCUT2D eigenvalue weighted by molar-refractivity contribution is 5.92. The molecule has 6 heteroatoms. The second kappa shape index (κ2) is 6.59. The van der Waals surface area contributed by atoms with Crippen LogP contribution < -0.4 is 0 Å². The molecule has 1 saturated carbocycles. The maximum Gasteiger partial charge on any atom is 0.273 e. The molecule has 2 aliphatic rings. The number of hydrogen-bond acceptors (Lipinski definition) is 4. The zero-order valence-corrected chi connectivity index (χ0v) is 14.8. The normalized spacial score (nSPS) is 19.8. The van der Waals surface area contributed by atoms with Crippen molar-refractivity contribution in [3.8, 4) is 0 Å². The maximum atomic E-state index is 13.1. The number of pyridine rings is 1. The summed E-state index contributed by atoms with van der Waals surface area (Å²) in [6.45, 7) is 3.88. The van der Waals surface area contributed by atoms with E-state index in [9.17, 15) is 4.79 Å². The number of hydrogen-bond donors (Lipinski definition) is 0. The van der Waals surface area contributed by atoms with Gasteiger partial charge in [-0.2, -0.15) is 5.10 Å². The number of aryl methyl sites for hydroxylation is 2. The van der Waals surface area contributed by atoms with Gasteiger partial charge in [0.25, 0.3) is 5.91 Å². The van der Waals surface area contributed by atoms with Crippen LogP contribution in [0.15, 0.2) is 24.4 Å². The molecule has 1 amide bonds. The number of carbonyl (C=O) groups is 1. The van der Waals surface area contributed by atoms with Crippen molar-refractivity contribution in [3.05, 3.63) is 47.0 Å². The molecule has 0 spiro atoms. The van der Waals surface area contributed by atoms with Crippen LogP contribution in [0.4, 0.5) is 0 Å². The third-order valence-corrected chi connectivity index (χ3v) is 5.07. The van der Waals surface area contributed by atoms with Crippen LogP contribution in [0.3, 0.4) is 0 Å². The molecule has 3 heterocycles. The SMILES string of the molecule is Cc1cccc(C(=O)N2CCc3cnn(C)c3C2COCC2CC2)n1. The summed E-state index contributed by atoms with van der Waals surface area (Å²) >= 11 is 0. The first-order chi connectivity index (χ1) is 12.1. The summed E-state index contributed by atoms with van der Waals surface area (Å²) in [6, 6.07) is 5.47. The summed E-state index contributed by atoms with van der Waals surface area (Å²) in [7, 11) is 1.94. The van der Waals surface area contributed by atoms with Gasteiger partial charge in [0.2, 0.25) is 0 Å². The van der Waals surface area contributed by atoms with E-state index in [2.05, 4.69) is 10.1 Å². The van der Waals surface area contributed by atoms with E-state index in [1.165, 1.54) is 18.4 Å². The van der Waals surface area contributed by atoms with Crippen molar-refractivity contribution in [2.45, 2.75) is 32.2 Å². The van der Waals surface area contributed by atoms with E-state index < -0.39 is 0 Å². The predicted octanol–water partition coefficient (Wildman–Crippen LogP) is 2.29. The van der Waals surface area contributed by atoms with Crippen LogP contribution in [0.5, 0.6) is 0 Å². The topological polar surface area (TPSA) is 60.2 Å². The molecule has 1 aliphatic heterocycles. The van der Waals surface area contributed by atoms with Gasteiger partial charge >= 0.3 is 0 Å². The van der Waals surface area contributed by atoms with Crippen LogP contribution in [0.1, 0.15) is 46.3 Å². The molecule has 0 N–H and O–H groups in total. The van der Waals surface area contributed by atoms with E-state index >= 15 is 0 Å². The summed E-state index contributed by atoms with van der Waals surface area (Å²) in [5.41, 5.74) is 3.65. The molecule has 4 rings (SSSR count). The van der Waals surface area contributed by atoms with Gasteiger partial charge in [-0.3, -0.25) is 9.48 Å². The Bertz CT molecular complexity index is 781. The minimum atomic E-state index is -0.107. The Hall–Kier alpha value is -2.21. The predicted molar refractivity (Wildman–Crippen MR) is 93.2 cm³/mol. The van der Waals surface area contributed by atoms with Gasteiger partial charge in [0.15, 0.2) is 0 Å². The van der Waals surface area contributed by atoms with Crippen LogP contribution in [0.2, 0.25) is 0 Å². The standard InChI is InChI=1S/C19H24N4O2/c1-13-4-3-5-16(21-13)19(24)23-9-8-15-10-20-22(2)18(15)17(23)12-25-11-14-6-7-14/h3-5,10,14,17H,6-9,11-12H2,1-2H3. The van der Waals surface area contributed by atoms with Crippen molar-refractivity contribution in [2.75, 3.05) is 19.8 Å². The lowest BCUT2D eigenvalue weighted by Crippen LogP contribution is -2.43. The first-order valence-corrected chi connectivity index (χ1v) is 8.96. The van der Waals surface area contributed by atoms with Crippen LogP contribution in [0, 0.1) is 12.8 Å². The molecule has 1 aliphatic carbocycles. The summed E-state index contributed by atoms with van der Waals surface area (Å²) in [6.07, 6.45) is 5.25. The monoisotopic (exact) mass is 340 g/mol. The van der Waals surface area contributed by atoms with Gasteiger partial charge in [0.05, 0.1) is 24.5 Å². The minimum absolute atomic E-state index is 0.0319. The largest absolute Gasteiger partial charge is 0.379 e. The Kier molecular flexibility index (Phi) is 4.29. The van der Waals surface area contributed by atoms with Gasteiger partial charge in [-0.25, -0.2) is 4.98 Å². The molecule has 1 unspecified atom stereocenters. The zero-order chi connectivity index (χ0) is 17.4. The fourth-order valence-electron chi connectivity index (χ4n) is 3.51. The van der Waals surface area contributed by atoms with Crippen LogP contribution in [0.25, 0.3) is 0 Å². The van der Waals surface area contributed by atoms with Gasteiger partial charge < -0.3 is 9.64 Å². The number of carbonyl (C=O) groups excluding carboxylic acids is 1. The molecule has 2 aromatic heterocycles. The molecule has 0 radical (unpaired) electrons. The van der Waals surface area contributed by atoms with Crippen molar-refractivity contribution in [1.82, 2.24) is 19.7 Å². The Morgan fingerprint density at radius 3 is 2.92 bits per heavy atom. The fraction of sp³-hybridized carbons (Fsp3) is 0.526. The molecule has 0 aromatic carbocycles. The Morgan fingerprint density at radius 1 is 1.32 bits per heavy atom. The first kappa shape index (κ1) is 16.3. The lowest BCUT2D eigenvalue weighted by atomic mass is 9.99. The van der Waals surface area contributed by atoms with E-state index in [1.807, 2.05) is 41.9 Å². The van der Waals surface area contributed by atoms with E-state index in [4.69, 9.17) is 4.74 Å².